The zero-order chi connectivity index (χ0) is 19.4. The van der Waals surface area contributed by atoms with Crippen molar-refractivity contribution in [2.45, 2.75) is 6.18 Å². The van der Waals surface area contributed by atoms with Gasteiger partial charge in [-0.25, -0.2) is 0 Å². The molecule has 0 aliphatic carbocycles. The normalized spacial score (nSPS) is 14.7. The fourth-order valence-electron chi connectivity index (χ4n) is 2.69. The molecule has 1 heterocycles. The Labute approximate surface area is 153 Å². The number of carbonyl (C=O) groups excluding carboxylic acids is 2. The fourth-order valence-corrected chi connectivity index (χ4v) is 2.69. The van der Waals surface area contributed by atoms with E-state index >= 15 is 0 Å². The number of benzene rings is 2. The summed E-state index contributed by atoms with van der Waals surface area (Å²) < 4.78 is 43.5. The topological polar surface area (TPSA) is 58.6 Å². The predicted octanol–water partition coefficient (Wildman–Crippen LogP) is 3.43. The van der Waals surface area contributed by atoms with Crippen LogP contribution in [0.3, 0.4) is 0 Å². The highest BCUT2D eigenvalue weighted by Gasteiger charge is 2.30. The molecule has 1 aliphatic heterocycles. The average molecular weight is 378 g/mol. The molecule has 0 radical (unpaired) electrons. The lowest BCUT2D eigenvalue weighted by atomic mass is 10.1. The van der Waals surface area contributed by atoms with Crippen molar-refractivity contribution in [2.24, 2.45) is 0 Å². The minimum Gasteiger partial charge on any atom is -0.378 e. The maximum absolute atomic E-state index is 12.8. The molecule has 2 amide bonds. The zero-order valence-corrected chi connectivity index (χ0v) is 14.3. The second-order valence-electron chi connectivity index (χ2n) is 6.01. The predicted molar refractivity (Wildman–Crippen MR) is 92.6 cm³/mol. The molecule has 1 saturated heterocycles. The summed E-state index contributed by atoms with van der Waals surface area (Å²) >= 11 is 0. The van der Waals surface area contributed by atoms with Gasteiger partial charge in [-0.3, -0.25) is 9.59 Å². The number of anilines is 1. The number of hydrogen-bond donors (Lipinski definition) is 1. The van der Waals surface area contributed by atoms with Crippen LogP contribution in [-0.4, -0.2) is 43.0 Å². The van der Waals surface area contributed by atoms with Gasteiger partial charge in [0, 0.05) is 29.9 Å². The first-order chi connectivity index (χ1) is 12.8. The lowest BCUT2D eigenvalue weighted by Gasteiger charge is -2.26. The zero-order valence-electron chi connectivity index (χ0n) is 14.3. The maximum Gasteiger partial charge on any atom is 0.416 e. The molecule has 0 saturated carbocycles. The fraction of sp³-hybridized carbons (Fsp3) is 0.263. The molecule has 2 aromatic carbocycles. The van der Waals surface area contributed by atoms with E-state index in [9.17, 15) is 22.8 Å². The van der Waals surface area contributed by atoms with Crippen LogP contribution in [0.25, 0.3) is 0 Å². The van der Waals surface area contributed by atoms with Crippen molar-refractivity contribution in [2.75, 3.05) is 31.6 Å². The Bertz CT molecular complexity index is 829. The Hall–Kier alpha value is -2.87. The summed E-state index contributed by atoms with van der Waals surface area (Å²) in [4.78, 5) is 26.2. The summed E-state index contributed by atoms with van der Waals surface area (Å²) in [6.07, 6.45) is -4.52. The number of nitrogens with one attached hydrogen (secondary N) is 1. The van der Waals surface area contributed by atoms with Crippen LogP contribution in [0.1, 0.15) is 26.3 Å². The summed E-state index contributed by atoms with van der Waals surface area (Å²) in [6, 6.07) is 10.4. The van der Waals surface area contributed by atoms with Crippen LogP contribution in [0.5, 0.6) is 0 Å². The highest BCUT2D eigenvalue weighted by molar-refractivity contribution is 6.04. The molecule has 1 fully saturated rings. The molecule has 0 aromatic heterocycles. The molecule has 0 atom stereocenters. The van der Waals surface area contributed by atoms with E-state index in [1.54, 1.807) is 29.2 Å². The van der Waals surface area contributed by atoms with Crippen molar-refractivity contribution in [3.63, 3.8) is 0 Å². The van der Waals surface area contributed by atoms with Gasteiger partial charge in [0.2, 0.25) is 0 Å². The lowest BCUT2D eigenvalue weighted by molar-refractivity contribution is -0.137. The average Bonchev–Trinajstić information content (AvgIpc) is 2.68. The van der Waals surface area contributed by atoms with Crippen molar-refractivity contribution in [1.82, 2.24) is 4.90 Å². The van der Waals surface area contributed by atoms with Crippen LogP contribution in [0.4, 0.5) is 18.9 Å². The second kappa shape index (κ2) is 7.79. The van der Waals surface area contributed by atoms with Gasteiger partial charge in [0.1, 0.15) is 0 Å². The van der Waals surface area contributed by atoms with Crippen LogP contribution >= 0.6 is 0 Å². The number of rotatable bonds is 3. The summed E-state index contributed by atoms with van der Waals surface area (Å²) in [6.45, 7) is 2.04. The minimum absolute atomic E-state index is 0.0988. The number of carbonyl (C=O) groups is 2. The number of halogens is 3. The van der Waals surface area contributed by atoms with Gasteiger partial charge < -0.3 is 15.0 Å². The molecule has 1 aliphatic rings. The molecule has 142 valence electrons. The third kappa shape index (κ3) is 4.65. The van der Waals surface area contributed by atoms with Gasteiger partial charge in [0.15, 0.2) is 0 Å². The smallest absolute Gasteiger partial charge is 0.378 e. The molecule has 8 heteroatoms. The summed E-state index contributed by atoms with van der Waals surface area (Å²) in [5.41, 5.74) is -0.134. The van der Waals surface area contributed by atoms with E-state index in [0.29, 0.717) is 37.6 Å². The molecule has 0 bridgehead atoms. The summed E-state index contributed by atoms with van der Waals surface area (Å²) in [7, 11) is 0. The molecular weight excluding hydrogens is 361 g/mol. The second-order valence-corrected chi connectivity index (χ2v) is 6.01. The van der Waals surface area contributed by atoms with Crippen LogP contribution < -0.4 is 5.32 Å². The van der Waals surface area contributed by atoms with Crippen molar-refractivity contribution < 1.29 is 27.5 Å². The van der Waals surface area contributed by atoms with E-state index in [1.165, 1.54) is 12.1 Å². The Morgan fingerprint density at radius 3 is 2.26 bits per heavy atom. The third-order valence-electron chi connectivity index (χ3n) is 4.14. The van der Waals surface area contributed by atoms with E-state index in [4.69, 9.17) is 4.74 Å². The van der Waals surface area contributed by atoms with Gasteiger partial charge in [-0.15, -0.1) is 0 Å². The van der Waals surface area contributed by atoms with Crippen molar-refractivity contribution in [3.8, 4) is 0 Å². The third-order valence-corrected chi connectivity index (χ3v) is 4.14. The van der Waals surface area contributed by atoms with E-state index in [2.05, 4.69) is 5.32 Å². The van der Waals surface area contributed by atoms with Crippen LogP contribution in [0.15, 0.2) is 48.5 Å². The molecular formula is C19H17F3N2O3. The standard InChI is InChI=1S/C19H17F3N2O3/c20-19(21,22)15-3-1-2-14(12-15)17(25)23-16-6-4-13(5-7-16)18(26)24-8-10-27-11-9-24/h1-7,12H,8-11H2,(H,23,25). The monoisotopic (exact) mass is 378 g/mol. The highest BCUT2D eigenvalue weighted by Crippen LogP contribution is 2.29. The number of hydrogen-bond acceptors (Lipinski definition) is 3. The van der Waals surface area contributed by atoms with Gasteiger partial charge in [0.25, 0.3) is 11.8 Å². The SMILES string of the molecule is O=C(Nc1ccc(C(=O)N2CCOCC2)cc1)c1cccc(C(F)(F)F)c1. The van der Waals surface area contributed by atoms with Crippen molar-refractivity contribution in [1.29, 1.82) is 0 Å². The van der Waals surface area contributed by atoms with Crippen LogP contribution in [0, 0.1) is 0 Å². The Morgan fingerprint density at radius 2 is 1.63 bits per heavy atom. The van der Waals surface area contributed by atoms with Crippen LogP contribution in [0.2, 0.25) is 0 Å². The van der Waals surface area contributed by atoms with Gasteiger partial charge in [-0.2, -0.15) is 13.2 Å². The summed E-state index contributed by atoms with van der Waals surface area (Å²) in [5.74, 6) is -0.789. The van der Waals surface area contributed by atoms with Crippen molar-refractivity contribution in [3.05, 3.63) is 65.2 Å². The highest BCUT2D eigenvalue weighted by atomic mass is 19.4. The Balaban J connectivity index is 1.67. The number of alkyl halides is 3. The van der Waals surface area contributed by atoms with Gasteiger partial charge in [0.05, 0.1) is 18.8 Å². The van der Waals surface area contributed by atoms with Crippen LogP contribution in [-0.2, 0) is 10.9 Å². The largest absolute Gasteiger partial charge is 0.416 e. The Kier molecular flexibility index (Phi) is 5.46. The maximum atomic E-state index is 12.8. The number of morpholine rings is 1. The van der Waals surface area contributed by atoms with Gasteiger partial charge >= 0.3 is 6.18 Å². The van der Waals surface area contributed by atoms with Crippen molar-refractivity contribution >= 4 is 17.5 Å². The minimum atomic E-state index is -4.52. The first kappa shape index (κ1) is 18.9. The number of nitrogens with zero attached hydrogens (tertiary/aromatic N) is 1. The lowest BCUT2D eigenvalue weighted by Crippen LogP contribution is -2.40. The van der Waals surface area contributed by atoms with E-state index in [-0.39, 0.29) is 11.5 Å². The molecule has 0 unspecified atom stereocenters. The Morgan fingerprint density at radius 1 is 0.963 bits per heavy atom. The number of ether oxygens (including phenoxy) is 1. The van der Waals surface area contributed by atoms with E-state index < -0.39 is 17.6 Å². The molecule has 2 aromatic rings. The molecule has 0 spiro atoms. The molecule has 27 heavy (non-hydrogen) atoms. The van der Waals surface area contributed by atoms with E-state index in [1.807, 2.05) is 0 Å². The molecule has 1 N–H and O–H groups in total. The first-order valence-electron chi connectivity index (χ1n) is 8.30. The number of amides is 2. The van der Waals surface area contributed by atoms with Gasteiger partial charge in [-0.1, -0.05) is 6.07 Å². The summed E-state index contributed by atoms with van der Waals surface area (Å²) in [5, 5.41) is 2.53. The molecule has 3 rings (SSSR count). The first-order valence-corrected chi connectivity index (χ1v) is 8.30. The van der Waals surface area contributed by atoms with Gasteiger partial charge in [-0.05, 0) is 42.5 Å². The molecule has 5 nitrogen and oxygen atoms in total. The quantitative estimate of drug-likeness (QED) is 0.890. The van der Waals surface area contributed by atoms with E-state index in [0.717, 1.165) is 12.1 Å².